The average molecular weight is 306 g/mol. The highest BCUT2D eigenvalue weighted by Crippen LogP contribution is 2.20. The van der Waals surface area contributed by atoms with Crippen molar-refractivity contribution >= 4 is 11.9 Å². The van der Waals surface area contributed by atoms with Gasteiger partial charge in [0.1, 0.15) is 5.60 Å². The van der Waals surface area contributed by atoms with Crippen LogP contribution in [0.5, 0.6) is 0 Å². The largest absolute Gasteiger partial charge is 0.444 e. The molecule has 1 amide bonds. The van der Waals surface area contributed by atoms with E-state index in [0.717, 1.165) is 30.2 Å². The molecule has 6 nitrogen and oxygen atoms in total. The van der Waals surface area contributed by atoms with Gasteiger partial charge in [-0.25, -0.2) is 4.79 Å². The standard InChI is InChI=1S/C16H26N4O2/c1-11-9-14(18-17-13(11)3)19-7-8-20(12(2)10-19)15(21)22-16(4,5)6/h9,12H,7-8,10H2,1-6H3/t12-/m1/s1. The Bertz CT molecular complexity index is 554. The molecule has 1 aromatic heterocycles. The smallest absolute Gasteiger partial charge is 0.410 e. The maximum atomic E-state index is 12.2. The van der Waals surface area contributed by atoms with E-state index in [4.69, 9.17) is 4.74 Å². The lowest BCUT2D eigenvalue weighted by Crippen LogP contribution is -2.55. The predicted molar refractivity (Wildman–Crippen MR) is 86.1 cm³/mol. The molecule has 2 rings (SSSR count). The number of amides is 1. The number of hydrogen-bond donors (Lipinski definition) is 0. The summed E-state index contributed by atoms with van der Waals surface area (Å²) < 4.78 is 5.46. The summed E-state index contributed by atoms with van der Waals surface area (Å²) >= 11 is 0. The minimum absolute atomic E-state index is 0.0759. The minimum atomic E-state index is -0.465. The van der Waals surface area contributed by atoms with E-state index in [2.05, 4.69) is 21.2 Å². The quantitative estimate of drug-likeness (QED) is 0.798. The molecular formula is C16H26N4O2. The van der Waals surface area contributed by atoms with Crippen molar-refractivity contribution in [2.75, 3.05) is 24.5 Å². The van der Waals surface area contributed by atoms with Crippen LogP contribution in [0.1, 0.15) is 39.0 Å². The van der Waals surface area contributed by atoms with E-state index in [-0.39, 0.29) is 12.1 Å². The van der Waals surface area contributed by atoms with Gasteiger partial charge in [-0.05, 0) is 53.2 Å². The molecule has 22 heavy (non-hydrogen) atoms. The van der Waals surface area contributed by atoms with Crippen molar-refractivity contribution in [3.05, 3.63) is 17.3 Å². The first-order valence-corrected chi connectivity index (χ1v) is 7.73. The van der Waals surface area contributed by atoms with Gasteiger partial charge in [0.2, 0.25) is 0 Å². The second-order valence-electron chi connectivity index (χ2n) is 6.94. The molecule has 0 unspecified atom stereocenters. The molecule has 6 heteroatoms. The molecule has 1 aromatic rings. The third-order valence-corrected chi connectivity index (χ3v) is 3.80. The minimum Gasteiger partial charge on any atom is -0.444 e. The van der Waals surface area contributed by atoms with Crippen molar-refractivity contribution in [3.8, 4) is 0 Å². The number of piperazine rings is 1. The number of aryl methyl sites for hydroxylation is 2. The predicted octanol–water partition coefficient (Wildman–Crippen LogP) is 2.54. The van der Waals surface area contributed by atoms with Gasteiger partial charge in [-0.15, -0.1) is 5.10 Å². The van der Waals surface area contributed by atoms with Crippen LogP contribution < -0.4 is 4.90 Å². The summed E-state index contributed by atoms with van der Waals surface area (Å²) in [5.41, 5.74) is 1.62. The van der Waals surface area contributed by atoms with Crippen LogP contribution in [0.3, 0.4) is 0 Å². The number of nitrogens with zero attached hydrogens (tertiary/aromatic N) is 4. The van der Waals surface area contributed by atoms with Gasteiger partial charge >= 0.3 is 6.09 Å². The van der Waals surface area contributed by atoms with Gasteiger partial charge in [0, 0.05) is 25.7 Å². The summed E-state index contributed by atoms with van der Waals surface area (Å²) in [5, 5.41) is 8.45. The first kappa shape index (κ1) is 16.5. The van der Waals surface area contributed by atoms with E-state index in [0.29, 0.717) is 6.54 Å². The molecule has 0 aliphatic carbocycles. The number of ether oxygens (including phenoxy) is 1. The van der Waals surface area contributed by atoms with E-state index in [1.165, 1.54) is 0 Å². The van der Waals surface area contributed by atoms with Crippen LogP contribution in [0, 0.1) is 13.8 Å². The monoisotopic (exact) mass is 306 g/mol. The molecule has 0 spiro atoms. The number of anilines is 1. The molecule has 1 fully saturated rings. The zero-order valence-corrected chi connectivity index (χ0v) is 14.4. The highest BCUT2D eigenvalue weighted by Gasteiger charge is 2.31. The van der Waals surface area contributed by atoms with E-state index in [1.807, 2.05) is 41.5 Å². The van der Waals surface area contributed by atoms with Crippen LogP contribution in [-0.4, -0.2) is 52.5 Å². The molecule has 0 saturated carbocycles. The van der Waals surface area contributed by atoms with Crippen LogP contribution in [0.15, 0.2) is 6.07 Å². The normalized spacial score (nSPS) is 19.3. The van der Waals surface area contributed by atoms with Gasteiger partial charge in [0.15, 0.2) is 5.82 Å². The summed E-state index contributed by atoms with van der Waals surface area (Å²) in [6, 6.07) is 2.13. The van der Waals surface area contributed by atoms with Crippen LogP contribution in [0.2, 0.25) is 0 Å². The van der Waals surface area contributed by atoms with Gasteiger partial charge in [-0.1, -0.05) is 0 Å². The van der Waals surface area contributed by atoms with Crippen LogP contribution >= 0.6 is 0 Å². The molecular weight excluding hydrogens is 280 g/mol. The zero-order valence-electron chi connectivity index (χ0n) is 14.4. The molecule has 122 valence electrons. The lowest BCUT2D eigenvalue weighted by molar-refractivity contribution is 0.0158. The summed E-state index contributed by atoms with van der Waals surface area (Å²) in [7, 11) is 0. The summed E-state index contributed by atoms with van der Waals surface area (Å²) in [6.07, 6.45) is -0.245. The Balaban J connectivity index is 2.03. The van der Waals surface area contributed by atoms with E-state index < -0.39 is 5.60 Å². The molecule has 1 atom stereocenters. The molecule has 1 aliphatic rings. The second-order valence-corrected chi connectivity index (χ2v) is 6.94. The highest BCUT2D eigenvalue weighted by molar-refractivity contribution is 5.69. The van der Waals surface area contributed by atoms with E-state index in [1.54, 1.807) is 4.90 Å². The Morgan fingerprint density at radius 1 is 1.27 bits per heavy atom. The Kier molecular flexibility index (Phi) is 4.58. The van der Waals surface area contributed by atoms with Gasteiger partial charge in [-0.2, -0.15) is 5.10 Å². The van der Waals surface area contributed by atoms with Crippen molar-refractivity contribution < 1.29 is 9.53 Å². The third-order valence-electron chi connectivity index (χ3n) is 3.80. The van der Waals surface area contributed by atoms with Gasteiger partial charge in [0.25, 0.3) is 0 Å². The lowest BCUT2D eigenvalue weighted by atomic mass is 10.1. The van der Waals surface area contributed by atoms with Crippen molar-refractivity contribution in [2.24, 2.45) is 0 Å². The van der Waals surface area contributed by atoms with Crippen LogP contribution in [0.25, 0.3) is 0 Å². The zero-order chi connectivity index (χ0) is 16.5. The topological polar surface area (TPSA) is 58.6 Å². The maximum absolute atomic E-state index is 12.2. The summed E-state index contributed by atoms with van der Waals surface area (Å²) in [6.45, 7) is 13.8. The van der Waals surface area contributed by atoms with Gasteiger partial charge in [-0.3, -0.25) is 0 Å². The average Bonchev–Trinajstić information content (AvgIpc) is 2.39. The Morgan fingerprint density at radius 3 is 2.50 bits per heavy atom. The van der Waals surface area contributed by atoms with Crippen LogP contribution in [-0.2, 0) is 4.74 Å². The Labute approximate surface area is 132 Å². The first-order chi connectivity index (χ1) is 10.2. The molecule has 0 radical (unpaired) electrons. The number of aromatic nitrogens is 2. The Morgan fingerprint density at radius 2 is 1.95 bits per heavy atom. The number of carbonyl (C=O) groups excluding carboxylic acids is 1. The fourth-order valence-corrected chi connectivity index (χ4v) is 2.44. The van der Waals surface area contributed by atoms with E-state index in [9.17, 15) is 4.79 Å². The molecule has 1 aliphatic heterocycles. The highest BCUT2D eigenvalue weighted by atomic mass is 16.6. The number of rotatable bonds is 1. The number of hydrogen-bond acceptors (Lipinski definition) is 5. The SMILES string of the molecule is Cc1cc(N2CCN(C(=O)OC(C)(C)C)[C@H](C)C2)nnc1C. The third kappa shape index (κ3) is 3.87. The Hall–Kier alpha value is -1.85. The fraction of sp³-hybridized carbons (Fsp3) is 0.688. The fourth-order valence-electron chi connectivity index (χ4n) is 2.44. The molecule has 0 N–H and O–H groups in total. The summed E-state index contributed by atoms with van der Waals surface area (Å²) in [4.78, 5) is 16.2. The van der Waals surface area contributed by atoms with Crippen molar-refractivity contribution in [1.82, 2.24) is 15.1 Å². The molecule has 2 heterocycles. The van der Waals surface area contributed by atoms with Crippen molar-refractivity contribution in [1.29, 1.82) is 0 Å². The molecule has 1 saturated heterocycles. The second kappa shape index (κ2) is 6.10. The maximum Gasteiger partial charge on any atom is 0.410 e. The van der Waals surface area contributed by atoms with Crippen molar-refractivity contribution in [2.45, 2.75) is 53.2 Å². The van der Waals surface area contributed by atoms with E-state index >= 15 is 0 Å². The molecule has 0 bridgehead atoms. The summed E-state index contributed by atoms with van der Waals surface area (Å²) in [5.74, 6) is 0.874. The first-order valence-electron chi connectivity index (χ1n) is 7.73. The van der Waals surface area contributed by atoms with Crippen molar-refractivity contribution in [3.63, 3.8) is 0 Å². The molecule has 0 aromatic carbocycles. The number of carbonyl (C=O) groups is 1. The van der Waals surface area contributed by atoms with Gasteiger partial charge in [0.05, 0.1) is 5.69 Å². The van der Waals surface area contributed by atoms with Crippen LogP contribution in [0.4, 0.5) is 10.6 Å². The van der Waals surface area contributed by atoms with Gasteiger partial charge < -0.3 is 14.5 Å². The lowest BCUT2D eigenvalue weighted by Gasteiger charge is -2.40.